The molecule has 102 valence electrons. The molecule has 2 N–H and O–H groups in total. The van der Waals surface area contributed by atoms with Gasteiger partial charge in [-0.05, 0) is 53.8 Å². The van der Waals surface area contributed by atoms with Crippen molar-refractivity contribution in [2.75, 3.05) is 0 Å². The van der Waals surface area contributed by atoms with Crippen LogP contribution in [0.4, 0.5) is 0 Å². The Labute approximate surface area is 123 Å². The summed E-state index contributed by atoms with van der Waals surface area (Å²) in [6.07, 6.45) is 1.97. The van der Waals surface area contributed by atoms with Gasteiger partial charge in [0.05, 0.1) is 0 Å². The lowest BCUT2D eigenvalue weighted by Gasteiger charge is -2.14. The highest BCUT2D eigenvalue weighted by atomic mass is 35.5. The molecule has 0 aliphatic heterocycles. The van der Waals surface area contributed by atoms with E-state index >= 15 is 0 Å². The lowest BCUT2D eigenvalue weighted by atomic mass is 10.1. The van der Waals surface area contributed by atoms with Gasteiger partial charge in [0.1, 0.15) is 0 Å². The van der Waals surface area contributed by atoms with Crippen LogP contribution in [-0.4, -0.2) is 4.98 Å². The fraction of sp³-hybridized carbons (Fsp3) is 0.176. The summed E-state index contributed by atoms with van der Waals surface area (Å²) in [6, 6.07) is 16.8. The average molecular weight is 285 g/mol. The predicted octanol–water partition coefficient (Wildman–Crippen LogP) is 4.67. The quantitative estimate of drug-likeness (QED) is 0.716. The minimum Gasteiger partial charge on any atom is -0.361 e. The zero-order valence-corrected chi connectivity index (χ0v) is 12.1. The van der Waals surface area contributed by atoms with Gasteiger partial charge in [0, 0.05) is 29.3 Å². The summed E-state index contributed by atoms with van der Waals surface area (Å²) in [7, 11) is 0. The molecule has 2 aromatic carbocycles. The van der Waals surface area contributed by atoms with Crippen molar-refractivity contribution in [1.29, 1.82) is 0 Å². The fourth-order valence-electron chi connectivity index (χ4n) is 2.38. The van der Waals surface area contributed by atoms with E-state index in [0.717, 1.165) is 11.6 Å². The highest BCUT2D eigenvalue weighted by Gasteiger charge is 2.05. The van der Waals surface area contributed by atoms with E-state index in [4.69, 9.17) is 11.6 Å². The van der Waals surface area contributed by atoms with E-state index < -0.39 is 0 Å². The molecule has 0 aliphatic rings. The van der Waals surface area contributed by atoms with Gasteiger partial charge in [0.25, 0.3) is 0 Å². The first kappa shape index (κ1) is 13.2. The third-order valence-corrected chi connectivity index (χ3v) is 3.81. The van der Waals surface area contributed by atoms with E-state index in [1.165, 1.54) is 22.0 Å². The molecule has 2 nitrogen and oxygen atoms in total. The summed E-state index contributed by atoms with van der Waals surface area (Å²) in [4.78, 5) is 3.21. The maximum atomic E-state index is 6.03. The van der Waals surface area contributed by atoms with E-state index in [-0.39, 0.29) is 6.04 Å². The Balaban J connectivity index is 1.69. The number of H-pyrrole nitrogens is 1. The van der Waals surface area contributed by atoms with Crippen molar-refractivity contribution in [3.05, 3.63) is 70.9 Å². The van der Waals surface area contributed by atoms with E-state index in [9.17, 15) is 0 Å². The normalized spacial score (nSPS) is 12.7. The zero-order valence-electron chi connectivity index (χ0n) is 11.4. The number of aromatic amines is 1. The molecule has 1 aromatic heterocycles. The van der Waals surface area contributed by atoms with Gasteiger partial charge >= 0.3 is 0 Å². The van der Waals surface area contributed by atoms with Gasteiger partial charge in [-0.25, -0.2) is 0 Å². The van der Waals surface area contributed by atoms with E-state index in [0.29, 0.717) is 0 Å². The van der Waals surface area contributed by atoms with Gasteiger partial charge in [-0.3, -0.25) is 0 Å². The highest BCUT2D eigenvalue weighted by Crippen LogP contribution is 2.19. The molecule has 3 rings (SSSR count). The van der Waals surface area contributed by atoms with Crippen molar-refractivity contribution >= 4 is 22.5 Å². The molecule has 1 atom stereocenters. The second-order valence-corrected chi connectivity index (χ2v) is 5.49. The largest absolute Gasteiger partial charge is 0.361 e. The van der Waals surface area contributed by atoms with Gasteiger partial charge in [0.15, 0.2) is 0 Å². The first-order valence-electron chi connectivity index (χ1n) is 6.77. The Kier molecular flexibility index (Phi) is 3.77. The Morgan fingerprint density at radius 1 is 1.15 bits per heavy atom. The first-order valence-corrected chi connectivity index (χ1v) is 7.15. The number of nitrogens with one attached hydrogen (secondary N) is 2. The van der Waals surface area contributed by atoms with Crippen LogP contribution in [0, 0.1) is 0 Å². The Bertz CT molecular complexity index is 718. The van der Waals surface area contributed by atoms with E-state index in [1.807, 2.05) is 24.4 Å². The van der Waals surface area contributed by atoms with Crippen molar-refractivity contribution in [1.82, 2.24) is 10.3 Å². The molecule has 0 unspecified atom stereocenters. The molecular weight excluding hydrogens is 268 g/mol. The van der Waals surface area contributed by atoms with Crippen LogP contribution < -0.4 is 5.32 Å². The summed E-state index contributed by atoms with van der Waals surface area (Å²) < 4.78 is 0. The van der Waals surface area contributed by atoms with E-state index in [1.54, 1.807) is 0 Å². The first-order chi connectivity index (χ1) is 9.72. The SMILES string of the molecule is C[C@H](NCc1ccc2[nH]ccc2c1)c1cccc(Cl)c1. The number of rotatable bonds is 4. The smallest absolute Gasteiger partial charge is 0.0454 e. The fourth-order valence-corrected chi connectivity index (χ4v) is 2.58. The van der Waals surface area contributed by atoms with Crippen molar-refractivity contribution in [2.45, 2.75) is 19.5 Å². The molecule has 0 fully saturated rings. The lowest BCUT2D eigenvalue weighted by molar-refractivity contribution is 0.575. The number of halogens is 1. The highest BCUT2D eigenvalue weighted by molar-refractivity contribution is 6.30. The zero-order chi connectivity index (χ0) is 13.9. The van der Waals surface area contributed by atoms with Crippen LogP contribution in [0.25, 0.3) is 10.9 Å². The monoisotopic (exact) mass is 284 g/mol. The molecule has 0 saturated carbocycles. The predicted molar refractivity (Wildman–Crippen MR) is 85.0 cm³/mol. The maximum Gasteiger partial charge on any atom is 0.0454 e. The molecule has 0 spiro atoms. The van der Waals surface area contributed by atoms with Gasteiger partial charge in [-0.2, -0.15) is 0 Å². The van der Waals surface area contributed by atoms with Gasteiger partial charge in [0.2, 0.25) is 0 Å². The van der Waals surface area contributed by atoms with Crippen LogP contribution in [0.1, 0.15) is 24.1 Å². The number of fused-ring (bicyclic) bond motifs is 1. The summed E-state index contributed by atoms with van der Waals surface area (Å²) in [5.74, 6) is 0. The minimum atomic E-state index is 0.274. The summed E-state index contributed by atoms with van der Waals surface area (Å²) >= 11 is 6.03. The summed E-state index contributed by atoms with van der Waals surface area (Å²) in [5, 5.41) is 5.56. The van der Waals surface area contributed by atoms with Gasteiger partial charge < -0.3 is 10.3 Å². The van der Waals surface area contributed by atoms with Crippen molar-refractivity contribution in [3.63, 3.8) is 0 Å². The van der Waals surface area contributed by atoms with Crippen molar-refractivity contribution in [3.8, 4) is 0 Å². The second-order valence-electron chi connectivity index (χ2n) is 5.06. The van der Waals surface area contributed by atoms with Crippen LogP contribution in [0.15, 0.2) is 54.7 Å². The van der Waals surface area contributed by atoms with Crippen molar-refractivity contribution < 1.29 is 0 Å². The molecule has 0 bridgehead atoms. The molecule has 3 aromatic rings. The Morgan fingerprint density at radius 3 is 2.90 bits per heavy atom. The molecule has 20 heavy (non-hydrogen) atoms. The summed E-state index contributed by atoms with van der Waals surface area (Å²) in [5.41, 5.74) is 3.67. The maximum absolute atomic E-state index is 6.03. The van der Waals surface area contributed by atoms with Crippen molar-refractivity contribution in [2.24, 2.45) is 0 Å². The minimum absolute atomic E-state index is 0.274. The number of aromatic nitrogens is 1. The molecule has 0 aliphatic carbocycles. The van der Waals surface area contributed by atoms with Crippen LogP contribution >= 0.6 is 11.6 Å². The molecule has 1 heterocycles. The summed E-state index contributed by atoms with van der Waals surface area (Å²) in [6.45, 7) is 3.00. The Hall–Kier alpha value is -1.77. The molecular formula is C17H17ClN2. The number of benzene rings is 2. The lowest BCUT2D eigenvalue weighted by Crippen LogP contribution is -2.17. The van der Waals surface area contributed by atoms with Gasteiger partial charge in [-0.1, -0.05) is 29.8 Å². The third-order valence-electron chi connectivity index (χ3n) is 3.58. The number of hydrogen-bond donors (Lipinski definition) is 2. The molecule has 3 heteroatoms. The van der Waals surface area contributed by atoms with Crippen LogP contribution in [0.3, 0.4) is 0 Å². The Morgan fingerprint density at radius 2 is 2.05 bits per heavy atom. The van der Waals surface area contributed by atoms with Crippen LogP contribution in [-0.2, 0) is 6.54 Å². The number of hydrogen-bond acceptors (Lipinski definition) is 1. The molecule has 0 saturated heterocycles. The molecule has 0 radical (unpaired) electrons. The van der Waals surface area contributed by atoms with Gasteiger partial charge in [-0.15, -0.1) is 0 Å². The standard InChI is InChI=1S/C17H17ClN2/c1-12(14-3-2-4-16(18)10-14)20-11-13-5-6-17-15(9-13)7-8-19-17/h2-10,12,19-20H,11H2,1H3/t12-/m0/s1. The van der Waals surface area contributed by atoms with E-state index in [2.05, 4.69) is 47.6 Å². The second kappa shape index (κ2) is 5.70. The third kappa shape index (κ3) is 2.87. The molecule has 0 amide bonds. The van der Waals surface area contributed by atoms with Crippen LogP contribution in [0.2, 0.25) is 5.02 Å². The average Bonchev–Trinajstić information content (AvgIpc) is 2.92. The topological polar surface area (TPSA) is 27.8 Å². The van der Waals surface area contributed by atoms with Crippen LogP contribution in [0.5, 0.6) is 0 Å².